The van der Waals surface area contributed by atoms with Crippen LogP contribution in [0.4, 0.5) is 0 Å². The number of methoxy groups -OCH3 is 1. The number of rotatable bonds is 2. The summed E-state index contributed by atoms with van der Waals surface area (Å²) in [5, 5.41) is 0. The number of carbonyl (C=O) groups is 1. The third kappa shape index (κ3) is 1.98. The molecule has 0 fully saturated rings. The van der Waals surface area contributed by atoms with Crippen LogP contribution in [-0.2, 0) is 9.53 Å². The molecule has 0 aliphatic carbocycles. The Hall–Kier alpha value is -0.500. The zero-order valence-corrected chi connectivity index (χ0v) is 5.53. The van der Waals surface area contributed by atoms with Gasteiger partial charge in [-0.05, 0) is 0 Å². The van der Waals surface area contributed by atoms with E-state index in [1.165, 1.54) is 14.0 Å². The molecular weight excluding hydrogens is 128 g/mol. The fourth-order valence-corrected chi connectivity index (χ4v) is 0.508. The van der Waals surface area contributed by atoms with Crippen LogP contribution in [0.2, 0.25) is 0 Å². The van der Waals surface area contributed by atoms with E-state index in [1.807, 2.05) is 0 Å². The number of ketones is 1. The number of ether oxygens (including phenoxy) is 1. The van der Waals surface area contributed by atoms with Crippen LogP contribution in [0.25, 0.3) is 0 Å². The molecule has 0 amide bonds. The van der Waals surface area contributed by atoms with Crippen molar-refractivity contribution in [3.63, 3.8) is 0 Å². The molecule has 3 heteroatoms. The second kappa shape index (κ2) is 3.50. The Morgan fingerprint density at radius 3 is 2.25 bits per heavy atom. The highest BCUT2D eigenvalue weighted by molar-refractivity contribution is 6.27. The van der Waals surface area contributed by atoms with Crippen molar-refractivity contribution in [1.29, 1.82) is 0 Å². The molecule has 0 aromatic heterocycles. The normalized spacial score (nSPS) is 11.1. The molecule has 8 heavy (non-hydrogen) atoms. The smallest absolute Gasteiger partial charge is 0.195 e. The van der Waals surface area contributed by atoms with Crippen LogP contribution in [0.15, 0.2) is 11.3 Å². The van der Waals surface area contributed by atoms with Crippen LogP contribution in [0.1, 0.15) is 6.92 Å². The Balaban J connectivity index is 3.92. The van der Waals surface area contributed by atoms with Gasteiger partial charge in [0.25, 0.3) is 0 Å². The summed E-state index contributed by atoms with van der Waals surface area (Å²) >= 11 is 5.15. The fraction of sp³-hybridized carbons (Fsp3) is 0.400. The van der Waals surface area contributed by atoms with E-state index in [-0.39, 0.29) is 11.5 Å². The summed E-state index contributed by atoms with van der Waals surface area (Å²) in [6.45, 7) is 1.39. The third-order valence-electron chi connectivity index (χ3n) is 0.666. The first-order valence-corrected chi connectivity index (χ1v) is 2.51. The second-order valence-corrected chi connectivity index (χ2v) is 1.45. The number of halogens is 1. The van der Waals surface area contributed by atoms with Crippen molar-refractivity contribution in [3.8, 4) is 0 Å². The minimum atomic E-state index is -0.164. The van der Waals surface area contributed by atoms with E-state index in [2.05, 4.69) is 4.74 Å². The third-order valence-corrected chi connectivity index (χ3v) is 0.864. The predicted molar refractivity (Wildman–Crippen MR) is 31.6 cm³/mol. The standard InChI is InChI=1S/C5H7ClO2/c1-4(7)5(3-6)8-2/h3H,1-2H3. The van der Waals surface area contributed by atoms with Gasteiger partial charge in [0, 0.05) is 6.92 Å². The number of Topliss-reactive ketones (excluding diaryl/α,β-unsaturated/α-hetero) is 1. The molecule has 0 saturated carbocycles. The molecule has 0 rings (SSSR count). The van der Waals surface area contributed by atoms with Crippen molar-refractivity contribution in [2.24, 2.45) is 0 Å². The number of hydrogen-bond donors (Lipinski definition) is 0. The summed E-state index contributed by atoms with van der Waals surface area (Å²) in [6, 6.07) is 0. The summed E-state index contributed by atoms with van der Waals surface area (Å²) in [5.74, 6) is 0.0224. The van der Waals surface area contributed by atoms with Gasteiger partial charge in [-0.3, -0.25) is 4.79 Å². The maximum absolute atomic E-state index is 10.3. The lowest BCUT2D eigenvalue weighted by molar-refractivity contribution is -0.116. The van der Waals surface area contributed by atoms with Gasteiger partial charge in [0.2, 0.25) is 0 Å². The van der Waals surface area contributed by atoms with Crippen LogP contribution in [0, 0.1) is 0 Å². The van der Waals surface area contributed by atoms with E-state index in [0.717, 1.165) is 5.54 Å². The molecule has 0 radical (unpaired) electrons. The predicted octanol–water partition coefficient (Wildman–Crippen LogP) is 1.30. The molecule has 0 heterocycles. The monoisotopic (exact) mass is 134 g/mol. The Kier molecular flexibility index (Phi) is 3.28. The first-order valence-electron chi connectivity index (χ1n) is 2.07. The first kappa shape index (κ1) is 7.50. The van der Waals surface area contributed by atoms with Crippen LogP contribution in [-0.4, -0.2) is 12.9 Å². The largest absolute Gasteiger partial charge is 0.492 e. The van der Waals surface area contributed by atoms with Gasteiger partial charge in [0.1, 0.15) is 0 Å². The molecule has 0 saturated heterocycles. The van der Waals surface area contributed by atoms with Gasteiger partial charge in [0.15, 0.2) is 11.5 Å². The van der Waals surface area contributed by atoms with Crippen molar-refractivity contribution in [1.82, 2.24) is 0 Å². The van der Waals surface area contributed by atoms with Crippen molar-refractivity contribution in [3.05, 3.63) is 11.3 Å². The fourth-order valence-electron chi connectivity index (χ4n) is 0.265. The Bertz CT molecular complexity index is 118. The van der Waals surface area contributed by atoms with Gasteiger partial charge in [0.05, 0.1) is 12.6 Å². The Morgan fingerprint density at radius 2 is 2.25 bits per heavy atom. The van der Waals surface area contributed by atoms with E-state index >= 15 is 0 Å². The quantitative estimate of drug-likeness (QED) is 0.420. The molecule has 0 N–H and O–H groups in total. The highest BCUT2D eigenvalue weighted by Gasteiger charge is 1.98. The number of allylic oxidation sites excluding steroid dienone is 1. The van der Waals surface area contributed by atoms with Crippen LogP contribution in [0.5, 0.6) is 0 Å². The number of carbonyl (C=O) groups excluding carboxylic acids is 1. The second-order valence-electron chi connectivity index (χ2n) is 1.23. The zero-order chi connectivity index (χ0) is 6.57. The maximum Gasteiger partial charge on any atom is 0.195 e. The van der Waals surface area contributed by atoms with E-state index in [1.54, 1.807) is 0 Å². The van der Waals surface area contributed by atoms with Gasteiger partial charge < -0.3 is 4.74 Å². The molecule has 46 valence electrons. The van der Waals surface area contributed by atoms with Gasteiger partial charge in [-0.2, -0.15) is 0 Å². The lowest BCUT2D eigenvalue weighted by atomic mass is 10.4. The Labute approximate surface area is 53.1 Å². The van der Waals surface area contributed by atoms with Crippen molar-refractivity contribution < 1.29 is 9.53 Å². The molecule has 0 aliphatic heterocycles. The highest BCUT2D eigenvalue weighted by atomic mass is 35.5. The minimum Gasteiger partial charge on any atom is -0.492 e. The van der Waals surface area contributed by atoms with Crippen molar-refractivity contribution >= 4 is 17.4 Å². The van der Waals surface area contributed by atoms with Gasteiger partial charge >= 0.3 is 0 Å². The summed E-state index contributed by atoms with van der Waals surface area (Å²) in [7, 11) is 1.40. The molecule has 0 aromatic carbocycles. The first-order chi connectivity index (χ1) is 3.72. The number of hydrogen-bond acceptors (Lipinski definition) is 2. The lowest BCUT2D eigenvalue weighted by Crippen LogP contribution is -1.96. The SMILES string of the molecule is COC(=CCl)C(C)=O. The van der Waals surface area contributed by atoms with Gasteiger partial charge in [-0.25, -0.2) is 0 Å². The summed E-state index contributed by atoms with van der Waals surface area (Å²) in [4.78, 5) is 10.3. The van der Waals surface area contributed by atoms with Gasteiger partial charge in [-0.1, -0.05) is 11.6 Å². The molecule has 0 aromatic rings. The molecular formula is C5H7ClO2. The van der Waals surface area contributed by atoms with E-state index in [9.17, 15) is 4.79 Å². The van der Waals surface area contributed by atoms with Gasteiger partial charge in [-0.15, -0.1) is 0 Å². The average molecular weight is 135 g/mol. The topological polar surface area (TPSA) is 26.3 Å². The molecule has 0 bridgehead atoms. The van der Waals surface area contributed by atoms with E-state index in [0.29, 0.717) is 0 Å². The van der Waals surface area contributed by atoms with Crippen molar-refractivity contribution in [2.45, 2.75) is 6.92 Å². The molecule has 0 spiro atoms. The molecule has 0 atom stereocenters. The maximum atomic E-state index is 10.3. The van der Waals surface area contributed by atoms with Crippen LogP contribution < -0.4 is 0 Å². The van der Waals surface area contributed by atoms with Crippen LogP contribution >= 0.6 is 11.6 Å². The highest BCUT2D eigenvalue weighted by Crippen LogP contribution is 1.97. The molecule has 0 aliphatic rings. The van der Waals surface area contributed by atoms with E-state index < -0.39 is 0 Å². The minimum absolute atomic E-state index is 0.164. The van der Waals surface area contributed by atoms with Crippen LogP contribution in [0.3, 0.4) is 0 Å². The summed E-state index contributed by atoms with van der Waals surface area (Å²) < 4.78 is 4.54. The lowest BCUT2D eigenvalue weighted by Gasteiger charge is -1.95. The molecule has 2 nitrogen and oxygen atoms in total. The zero-order valence-electron chi connectivity index (χ0n) is 4.77. The average Bonchev–Trinajstić information content (AvgIpc) is 1.69. The summed E-state index contributed by atoms with van der Waals surface area (Å²) in [6.07, 6.45) is 0. The van der Waals surface area contributed by atoms with Crippen molar-refractivity contribution in [2.75, 3.05) is 7.11 Å². The van der Waals surface area contributed by atoms with E-state index in [4.69, 9.17) is 11.6 Å². The molecule has 0 unspecified atom stereocenters. The Morgan fingerprint density at radius 1 is 1.75 bits per heavy atom. The summed E-state index contributed by atoms with van der Waals surface area (Å²) in [5.41, 5.74) is 1.11.